The van der Waals surface area contributed by atoms with Crippen LogP contribution >= 0.6 is 0 Å². The fourth-order valence-corrected chi connectivity index (χ4v) is 1.45. The zero-order valence-electron chi connectivity index (χ0n) is 9.57. The minimum Gasteiger partial charge on any atom is -0.503 e. The molecule has 5 nitrogen and oxygen atoms in total. The summed E-state index contributed by atoms with van der Waals surface area (Å²) >= 11 is 0. The average molecular weight is 255 g/mol. The van der Waals surface area contributed by atoms with Crippen LogP contribution in [0.25, 0.3) is 0 Å². The van der Waals surface area contributed by atoms with Crippen molar-refractivity contribution in [1.29, 1.82) is 0 Å². The van der Waals surface area contributed by atoms with Crippen molar-refractivity contribution < 1.29 is 18.4 Å². The van der Waals surface area contributed by atoms with Gasteiger partial charge in [0, 0.05) is 13.5 Å². The molecule has 0 aliphatic carbocycles. The molecule has 96 valence electrons. The molecule has 0 amide bonds. The van der Waals surface area contributed by atoms with E-state index in [1.54, 1.807) is 6.92 Å². The lowest BCUT2D eigenvalue weighted by Gasteiger charge is -2.04. The highest BCUT2D eigenvalue weighted by Crippen LogP contribution is 2.21. The Kier molecular flexibility index (Phi) is 3.52. The Labute approximate surface area is 101 Å². The van der Waals surface area contributed by atoms with Crippen LogP contribution in [-0.2, 0) is 13.1 Å². The number of phenolic OH excluding ortho intramolecular Hbond substituents is 1. The normalized spacial score (nSPS) is 10.8. The van der Waals surface area contributed by atoms with E-state index in [9.17, 15) is 8.78 Å². The molecular weight excluding hydrogens is 244 g/mol. The molecule has 0 fully saturated rings. The fourth-order valence-electron chi connectivity index (χ4n) is 1.45. The van der Waals surface area contributed by atoms with E-state index < -0.39 is 17.4 Å². The van der Waals surface area contributed by atoms with E-state index in [2.05, 4.69) is 15.5 Å². The molecule has 0 aliphatic heterocycles. The molecule has 0 aliphatic rings. The lowest BCUT2D eigenvalue weighted by molar-refractivity contribution is 0.385. The maximum Gasteiger partial charge on any atom is 0.223 e. The van der Waals surface area contributed by atoms with E-state index in [1.807, 2.05) is 0 Å². The molecular formula is C11H11F2N3O2. The summed E-state index contributed by atoms with van der Waals surface area (Å²) in [5, 5.41) is 15.5. The number of rotatable bonds is 4. The number of nitrogens with one attached hydrogen (secondary N) is 1. The molecule has 0 radical (unpaired) electrons. The summed E-state index contributed by atoms with van der Waals surface area (Å²) in [6.45, 7) is 2.21. The standard InChI is InChI=1S/C11H11F2N3O2/c1-6-15-10(16-18-6)5-14-4-7-2-8(12)11(17)9(13)3-7/h2-3,14,17H,4-5H2,1H3. The van der Waals surface area contributed by atoms with Crippen LogP contribution in [0, 0.1) is 18.6 Å². The number of aromatic nitrogens is 2. The third kappa shape index (κ3) is 2.80. The Morgan fingerprint density at radius 3 is 2.50 bits per heavy atom. The minimum absolute atomic E-state index is 0.224. The number of benzene rings is 1. The van der Waals surface area contributed by atoms with Crippen molar-refractivity contribution in [2.75, 3.05) is 0 Å². The first-order valence-electron chi connectivity index (χ1n) is 5.23. The fraction of sp³-hybridized carbons (Fsp3) is 0.273. The first kappa shape index (κ1) is 12.4. The molecule has 0 unspecified atom stereocenters. The van der Waals surface area contributed by atoms with Gasteiger partial charge >= 0.3 is 0 Å². The zero-order chi connectivity index (χ0) is 13.1. The van der Waals surface area contributed by atoms with Gasteiger partial charge in [0.1, 0.15) is 0 Å². The Morgan fingerprint density at radius 2 is 1.94 bits per heavy atom. The summed E-state index contributed by atoms with van der Waals surface area (Å²) < 4.78 is 30.8. The number of aryl methyl sites for hydroxylation is 1. The largest absolute Gasteiger partial charge is 0.503 e. The average Bonchev–Trinajstić information content (AvgIpc) is 2.72. The Hall–Kier alpha value is -2.02. The van der Waals surface area contributed by atoms with Crippen LogP contribution in [0.4, 0.5) is 8.78 Å². The molecule has 0 atom stereocenters. The van der Waals surface area contributed by atoms with E-state index >= 15 is 0 Å². The molecule has 0 spiro atoms. The van der Waals surface area contributed by atoms with Crippen molar-refractivity contribution >= 4 is 0 Å². The summed E-state index contributed by atoms with van der Waals surface area (Å²) in [6, 6.07) is 2.12. The molecule has 7 heteroatoms. The number of hydrogen-bond donors (Lipinski definition) is 2. The Morgan fingerprint density at radius 1 is 1.28 bits per heavy atom. The van der Waals surface area contributed by atoms with Gasteiger partial charge in [-0.25, -0.2) is 8.78 Å². The quantitative estimate of drug-likeness (QED) is 0.869. The van der Waals surface area contributed by atoms with Crippen LogP contribution < -0.4 is 5.32 Å². The topological polar surface area (TPSA) is 71.2 Å². The minimum atomic E-state index is -0.984. The molecule has 1 aromatic heterocycles. The molecule has 0 bridgehead atoms. The van der Waals surface area contributed by atoms with Gasteiger partial charge in [-0.3, -0.25) is 0 Å². The summed E-state index contributed by atoms with van der Waals surface area (Å²) in [5.41, 5.74) is 0.378. The van der Waals surface area contributed by atoms with Crippen LogP contribution in [0.15, 0.2) is 16.7 Å². The van der Waals surface area contributed by atoms with Gasteiger partial charge in [0.25, 0.3) is 0 Å². The van der Waals surface area contributed by atoms with Crippen molar-refractivity contribution in [2.24, 2.45) is 0 Å². The van der Waals surface area contributed by atoms with Gasteiger partial charge in [0.15, 0.2) is 23.2 Å². The van der Waals surface area contributed by atoms with Crippen molar-refractivity contribution in [3.8, 4) is 5.75 Å². The molecule has 1 aromatic carbocycles. The van der Waals surface area contributed by atoms with Crippen molar-refractivity contribution in [3.05, 3.63) is 41.0 Å². The van der Waals surface area contributed by atoms with Gasteiger partial charge in [-0.1, -0.05) is 5.16 Å². The maximum absolute atomic E-state index is 13.0. The van der Waals surface area contributed by atoms with E-state index in [4.69, 9.17) is 9.63 Å². The molecule has 18 heavy (non-hydrogen) atoms. The monoisotopic (exact) mass is 255 g/mol. The predicted octanol–water partition coefficient (Wildman–Crippen LogP) is 1.65. The maximum atomic E-state index is 13.0. The highest BCUT2D eigenvalue weighted by Gasteiger charge is 2.09. The van der Waals surface area contributed by atoms with Crippen molar-refractivity contribution in [1.82, 2.24) is 15.5 Å². The molecule has 0 saturated carbocycles. The van der Waals surface area contributed by atoms with E-state index in [0.29, 0.717) is 23.8 Å². The number of hydrogen-bond acceptors (Lipinski definition) is 5. The van der Waals surface area contributed by atoms with Crippen LogP contribution in [-0.4, -0.2) is 15.2 Å². The lowest BCUT2D eigenvalue weighted by atomic mass is 10.2. The molecule has 2 N–H and O–H groups in total. The number of phenols is 1. The smallest absolute Gasteiger partial charge is 0.223 e. The first-order chi connectivity index (χ1) is 8.56. The Balaban J connectivity index is 1.94. The predicted molar refractivity (Wildman–Crippen MR) is 57.6 cm³/mol. The SMILES string of the molecule is Cc1nc(CNCc2cc(F)c(O)c(F)c2)no1. The zero-order valence-corrected chi connectivity index (χ0v) is 9.57. The highest BCUT2D eigenvalue weighted by molar-refractivity contribution is 5.29. The third-order valence-corrected chi connectivity index (χ3v) is 2.26. The van der Waals surface area contributed by atoms with Crippen LogP contribution in [0.3, 0.4) is 0 Å². The van der Waals surface area contributed by atoms with Gasteiger partial charge in [0.2, 0.25) is 5.89 Å². The molecule has 1 heterocycles. The molecule has 2 aromatic rings. The van der Waals surface area contributed by atoms with Gasteiger partial charge in [-0.15, -0.1) is 0 Å². The van der Waals surface area contributed by atoms with Crippen LogP contribution in [0.5, 0.6) is 5.75 Å². The molecule has 2 rings (SSSR count). The van der Waals surface area contributed by atoms with Gasteiger partial charge in [-0.05, 0) is 17.7 Å². The lowest BCUT2D eigenvalue weighted by Crippen LogP contribution is -2.14. The highest BCUT2D eigenvalue weighted by atomic mass is 19.1. The summed E-state index contributed by atoms with van der Waals surface area (Å²) in [5.74, 6) is -2.02. The number of nitrogens with zero attached hydrogens (tertiary/aromatic N) is 2. The molecule has 0 saturated heterocycles. The van der Waals surface area contributed by atoms with E-state index in [0.717, 1.165) is 12.1 Å². The first-order valence-corrected chi connectivity index (χ1v) is 5.23. The van der Waals surface area contributed by atoms with Crippen LogP contribution in [0.2, 0.25) is 0 Å². The summed E-state index contributed by atoms with van der Waals surface area (Å²) in [4.78, 5) is 3.96. The van der Waals surface area contributed by atoms with E-state index in [-0.39, 0.29) is 6.54 Å². The van der Waals surface area contributed by atoms with E-state index in [1.165, 1.54) is 0 Å². The Bertz CT molecular complexity index is 534. The van der Waals surface area contributed by atoms with Gasteiger partial charge < -0.3 is 14.9 Å². The van der Waals surface area contributed by atoms with Gasteiger partial charge in [-0.2, -0.15) is 4.98 Å². The summed E-state index contributed by atoms with van der Waals surface area (Å²) in [6.07, 6.45) is 0. The van der Waals surface area contributed by atoms with Crippen molar-refractivity contribution in [3.63, 3.8) is 0 Å². The number of aromatic hydroxyl groups is 1. The second-order valence-corrected chi connectivity index (χ2v) is 3.74. The number of halogens is 2. The van der Waals surface area contributed by atoms with Crippen LogP contribution in [0.1, 0.15) is 17.3 Å². The second kappa shape index (κ2) is 5.09. The third-order valence-electron chi connectivity index (χ3n) is 2.26. The van der Waals surface area contributed by atoms with Gasteiger partial charge in [0.05, 0.1) is 6.54 Å². The second-order valence-electron chi connectivity index (χ2n) is 3.74. The van der Waals surface area contributed by atoms with Crippen molar-refractivity contribution in [2.45, 2.75) is 20.0 Å². The summed E-state index contributed by atoms with van der Waals surface area (Å²) in [7, 11) is 0.